The molecule has 0 aromatic carbocycles. The molecule has 0 spiro atoms. The molecule has 0 heterocycles. The number of nitrogens with zero attached hydrogens (tertiary/aromatic N) is 2. The summed E-state index contributed by atoms with van der Waals surface area (Å²) in [4.78, 5) is 23.6. The summed E-state index contributed by atoms with van der Waals surface area (Å²) in [6.07, 6.45) is 0.0881. The summed E-state index contributed by atoms with van der Waals surface area (Å²) in [6, 6.07) is 1.04. The molecule has 6 nitrogen and oxygen atoms in total. The van der Waals surface area contributed by atoms with Crippen molar-refractivity contribution < 1.29 is 9.59 Å². The van der Waals surface area contributed by atoms with Crippen molar-refractivity contribution in [2.45, 2.75) is 25.8 Å². The van der Waals surface area contributed by atoms with Crippen molar-refractivity contribution in [3.8, 4) is 6.07 Å². The average molecular weight is 212 g/mol. The van der Waals surface area contributed by atoms with E-state index in [1.807, 2.05) is 6.07 Å². The van der Waals surface area contributed by atoms with Crippen LogP contribution >= 0.6 is 0 Å². The highest BCUT2D eigenvalue weighted by atomic mass is 16.2. The van der Waals surface area contributed by atoms with E-state index in [4.69, 9.17) is 16.7 Å². The number of carbonyl (C=O) groups is 2. The lowest BCUT2D eigenvalue weighted by molar-refractivity contribution is -0.134. The zero-order valence-corrected chi connectivity index (χ0v) is 8.77. The van der Waals surface area contributed by atoms with Crippen molar-refractivity contribution in [1.82, 2.24) is 4.90 Å². The molecule has 0 bridgehead atoms. The molecule has 0 aromatic rings. The highest BCUT2D eigenvalue weighted by Gasteiger charge is 2.20. The Kier molecular flexibility index (Phi) is 6.06. The molecule has 0 aliphatic heterocycles. The molecule has 1 unspecified atom stereocenters. The minimum atomic E-state index is -0.902. The minimum Gasteiger partial charge on any atom is -0.370 e. The van der Waals surface area contributed by atoms with Crippen LogP contribution in [0.2, 0.25) is 0 Å². The fraction of sp³-hybridized carbons (Fsp3) is 0.667. The summed E-state index contributed by atoms with van der Waals surface area (Å²) in [5.74, 6) is -0.946. The molecular formula is C9H16N4O2. The van der Waals surface area contributed by atoms with Crippen molar-refractivity contribution >= 4 is 11.8 Å². The van der Waals surface area contributed by atoms with E-state index in [-0.39, 0.29) is 18.7 Å². The Morgan fingerprint density at radius 2 is 2.13 bits per heavy atom. The molecule has 0 rings (SSSR count). The van der Waals surface area contributed by atoms with Gasteiger partial charge < -0.3 is 16.4 Å². The van der Waals surface area contributed by atoms with Crippen LogP contribution in [0, 0.1) is 11.3 Å². The van der Waals surface area contributed by atoms with Gasteiger partial charge in [0.15, 0.2) is 0 Å². The summed E-state index contributed by atoms with van der Waals surface area (Å²) in [6.45, 7) is 2.58. The van der Waals surface area contributed by atoms with Crippen LogP contribution in [0.5, 0.6) is 0 Å². The van der Waals surface area contributed by atoms with Gasteiger partial charge in [0.1, 0.15) is 0 Å². The van der Waals surface area contributed by atoms with E-state index in [1.54, 1.807) is 6.92 Å². The van der Waals surface area contributed by atoms with Crippen LogP contribution in [-0.4, -0.2) is 35.8 Å². The van der Waals surface area contributed by atoms with Crippen molar-refractivity contribution in [3.05, 3.63) is 0 Å². The molecule has 0 aromatic heterocycles. The molecular weight excluding hydrogens is 196 g/mol. The zero-order chi connectivity index (χ0) is 11.8. The first kappa shape index (κ1) is 13.4. The Labute approximate surface area is 88.8 Å². The van der Waals surface area contributed by atoms with Gasteiger partial charge in [0.25, 0.3) is 0 Å². The van der Waals surface area contributed by atoms with E-state index in [1.165, 1.54) is 4.90 Å². The number of nitriles is 1. The minimum absolute atomic E-state index is 0.165. The predicted octanol–water partition coefficient (Wildman–Crippen LogP) is -1.05. The lowest BCUT2D eigenvalue weighted by Crippen LogP contribution is -2.45. The summed E-state index contributed by atoms with van der Waals surface area (Å²) in [5, 5.41) is 8.38. The summed E-state index contributed by atoms with van der Waals surface area (Å²) >= 11 is 0. The van der Waals surface area contributed by atoms with Gasteiger partial charge in [0, 0.05) is 13.1 Å². The van der Waals surface area contributed by atoms with Crippen molar-refractivity contribution in [2.75, 3.05) is 13.1 Å². The molecule has 1 atom stereocenters. The zero-order valence-electron chi connectivity index (χ0n) is 8.77. The molecule has 0 radical (unpaired) electrons. The van der Waals surface area contributed by atoms with E-state index >= 15 is 0 Å². The number of primary amides is 1. The summed E-state index contributed by atoms with van der Waals surface area (Å²) < 4.78 is 0. The maximum atomic E-state index is 11.6. The third-order valence-corrected chi connectivity index (χ3v) is 1.93. The van der Waals surface area contributed by atoms with Gasteiger partial charge in [-0.3, -0.25) is 9.59 Å². The van der Waals surface area contributed by atoms with Gasteiger partial charge in [-0.05, 0) is 6.92 Å². The number of likely N-dealkylation sites (N-methyl/N-ethyl adjacent to an activating group) is 1. The van der Waals surface area contributed by atoms with Gasteiger partial charge in [0.2, 0.25) is 11.8 Å². The average Bonchev–Trinajstić information content (AvgIpc) is 2.17. The fourth-order valence-electron chi connectivity index (χ4n) is 1.15. The maximum Gasteiger partial charge on any atom is 0.240 e. The number of rotatable bonds is 6. The molecule has 4 N–H and O–H groups in total. The smallest absolute Gasteiger partial charge is 0.240 e. The van der Waals surface area contributed by atoms with Crippen molar-refractivity contribution in [1.29, 1.82) is 5.26 Å². The SMILES string of the molecule is CCN(CCC#N)C(=O)C(N)CC(N)=O. The highest BCUT2D eigenvalue weighted by Crippen LogP contribution is 1.98. The molecule has 0 aliphatic rings. The quantitative estimate of drug-likeness (QED) is 0.584. The molecule has 0 saturated heterocycles. The third kappa shape index (κ3) is 4.98. The molecule has 0 aliphatic carbocycles. The predicted molar refractivity (Wildman–Crippen MR) is 54.3 cm³/mol. The molecule has 0 fully saturated rings. The Balaban J connectivity index is 4.25. The van der Waals surface area contributed by atoms with E-state index < -0.39 is 11.9 Å². The number of hydrogen-bond acceptors (Lipinski definition) is 4. The molecule has 0 saturated carbocycles. The Bertz CT molecular complexity index is 272. The first-order valence-corrected chi connectivity index (χ1v) is 4.72. The Morgan fingerprint density at radius 3 is 2.53 bits per heavy atom. The monoisotopic (exact) mass is 212 g/mol. The maximum absolute atomic E-state index is 11.6. The van der Waals surface area contributed by atoms with Gasteiger partial charge in [0.05, 0.1) is 25.0 Å². The first-order valence-electron chi connectivity index (χ1n) is 4.72. The molecule has 2 amide bonds. The number of carbonyl (C=O) groups excluding carboxylic acids is 2. The molecule has 15 heavy (non-hydrogen) atoms. The van der Waals surface area contributed by atoms with E-state index in [2.05, 4.69) is 0 Å². The Morgan fingerprint density at radius 1 is 1.53 bits per heavy atom. The number of amides is 2. The van der Waals surface area contributed by atoms with Crippen LogP contribution in [0.3, 0.4) is 0 Å². The van der Waals surface area contributed by atoms with E-state index in [0.717, 1.165) is 0 Å². The van der Waals surface area contributed by atoms with Crippen LogP contribution < -0.4 is 11.5 Å². The second kappa shape index (κ2) is 6.79. The van der Waals surface area contributed by atoms with Crippen LogP contribution in [0.1, 0.15) is 19.8 Å². The highest BCUT2D eigenvalue weighted by molar-refractivity contribution is 5.87. The molecule has 84 valence electrons. The molecule has 6 heteroatoms. The normalized spacial score (nSPS) is 11.5. The fourth-order valence-corrected chi connectivity index (χ4v) is 1.15. The lowest BCUT2D eigenvalue weighted by atomic mass is 10.2. The van der Waals surface area contributed by atoms with Gasteiger partial charge in [-0.2, -0.15) is 5.26 Å². The van der Waals surface area contributed by atoms with Crippen LogP contribution in [-0.2, 0) is 9.59 Å². The van der Waals surface area contributed by atoms with Gasteiger partial charge in [-0.15, -0.1) is 0 Å². The standard InChI is InChI=1S/C9H16N4O2/c1-2-13(5-3-4-10)9(15)7(11)6-8(12)14/h7H,2-3,5-6,11H2,1H3,(H2,12,14). The second-order valence-electron chi connectivity index (χ2n) is 3.10. The summed E-state index contributed by atoms with van der Waals surface area (Å²) in [7, 11) is 0. The van der Waals surface area contributed by atoms with Crippen LogP contribution in [0.4, 0.5) is 0 Å². The van der Waals surface area contributed by atoms with Gasteiger partial charge >= 0.3 is 0 Å². The van der Waals surface area contributed by atoms with Gasteiger partial charge in [-0.1, -0.05) is 0 Å². The lowest BCUT2D eigenvalue weighted by Gasteiger charge is -2.22. The van der Waals surface area contributed by atoms with Crippen molar-refractivity contribution in [2.24, 2.45) is 11.5 Å². The van der Waals surface area contributed by atoms with Crippen LogP contribution in [0.15, 0.2) is 0 Å². The number of nitrogens with two attached hydrogens (primary N) is 2. The summed E-state index contributed by atoms with van der Waals surface area (Å²) in [5.41, 5.74) is 10.4. The largest absolute Gasteiger partial charge is 0.370 e. The first-order chi connectivity index (χ1) is 7.02. The number of hydrogen-bond donors (Lipinski definition) is 2. The second-order valence-corrected chi connectivity index (χ2v) is 3.10. The van der Waals surface area contributed by atoms with E-state index in [0.29, 0.717) is 13.1 Å². The van der Waals surface area contributed by atoms with Crippen LogP contribution in [0.25, 0.3) is 0 Å². The van der Waals surface area contributed by atoms with E-state index in [9.17, 15) is 9.59 Å². The van der Waals surface area contributed by atoms with Crippen molar-refractivity contribution in [3.63, 3.8) is 0 Å². The van der Waals surface area contributed by atoms with Gasteiger partial charge in [-0.25, -0.2) is 0 Å². The topological polar surface area (TPSA) is 113 Å². The Hall–Kier alpha value is -1.61. The third-order valence-electron chi connectivity index (χ3n) is 1.93.